The molecule has 28 heavy (non-hydrogen) atoms. The molecule has 0 saturated carbocycles. The van der Waals surface area contributed by atoms with Crippen LogP contribution in [0.4, 0.5) is 0 Å². The van der Waals surface area contributed by atoms with Gasteiger partial charge < -0.3 is 14.7 Å². The number of likely N-dealkylation sites (tertiary alicyclic amines) is 1. The van der Waals surface area contributed by atoms with E-state index in [1.165, 1.54) is 50.9 Å². The number of fused-ring (bicyclic) bond motifs is 3. The first-order valence-corrected chi connectivity index (χ1v) is 10.8. The monoisotopic (exact) mass is 381 g/mol. The predicted octanol–water partition coefficient (Wildman–Crippen LogP) is 4.86. The maximum Gasteiger partial charge on any atom is 0.336 e. The summed E-state index contributed by atoms with van der Waals surface area (Å²) in [7, 11) is 0. The molecule has 4 nitrogen and oxygen atoms in total. The van der Waals surface area contributed by atoms with Crippen LogP contribution in [0, 0.1) is 5.92 Å². The predicted molar refractivity (Wildman–Crippen MR) is 112 cm³/mol. The highest BCUT2D eigenvalue weighted by Gasteiger charge is 2.32. The van der Waals surface area contributed by atoms with E-state index in [2.05, 4.69) is 17.9 Å². The molecule has 1 aromatic rings. The molecule has 0 amide bonds. The molecule has 1 N–H and O–H groups in total. The molecule has 1 aliphatic carbocycles. The van der Waals surface area contributed by atoms with Crippen molar-refractivity contribution < 1.29 is 14.6 Å². The maximum atomic E-state index is 11.9. The summed E-state index contributed by atoms with van der Waals surface area (Å²) in [5, 5.41) is 9.75. The van der Waals surface area contributed by atoms with Crippen LogP contribution in [0.2, 0.25) is 0 Å². The van der Waals surface area contributed by atoms with E-state index in [9.17, 15) is 9.90 Å². The highest BCUT2D eigenvalue weighted by molar-refractivity contribution is 5.99. The number of benzene rings is 1. The Morgan fingerprint density at radius 1 is 1.29 bits per heavy atom. The molecule has 4 rings (SSSR count). The van der Waals surface area contributed by atoms with Crippen molar-refractivity contribution in [1.29, 1.82) is 0 Å². The van der Waals surface area contributed by atoms with Gasteiger partial charge in [0.15, 0.2) is 0 Å². The summed E-state index contributed by atoms with van der Waals surface area (Å²) >= 11 is 0. The topological polar surface area (TPSA) is 49.8 Å². The molecule has 2 aliphatic heterocycles. The van der Waals surface area contributed by atoms with Crippen LogP contribution in [0.1, 0.15) is 66.9 Å². The van der Waals surface area contributed by atoms with E-state index in [0.717, 1.165) is 36.1 Å². The fourth-order valence-corrected chi connectivity index (χ4v) is 4.93. The lowest BCUT2D eigenvalue weighted by molar-refractivity contribution is 0.0696. The Morgan fingerprint density at radius 3 is 2.86 bits per heavy atom. The molecular weight excluding hydrogens is 350 g/mol. The zero-order valence-electron chi connectivity index (χ0n) is 16.8. The van der Waals surface area contributed by atoms with Crippen molar-refractivity contribution in [1.82, 2.24) is 4.90 Å². The van der Waals surface area contributed by atoms with Gasteiger partial charge in [-0.3, -0.25) is 0 Å². The number of nitrogens with zero attached hydrogens (tertiary/aromatic N) is 1. The summed E-state index contributed by atoms with van der Waals surface area (Å²) in [5.41, 5.74) is 4.85. The highest BCUT2D eigenvalue weighted by Crippen LogP contribution is 2.41. The maximum absolute atomic E-state index is 11.9. The quantitative estimate of drug-likeness (QED) is 0.765. The molecule has 3 aliphatic rings. The minimum absolute atomic E-state index is 0.0959. The Bertz CT molecular complexity index is 787. The number of carboxylic acid groups (broad SMARTS) is 1. The standard InChI is InChI=1S/C24H31NO3/c1-2-3-12-25-13-9-17(10-14-25)16-19-11-15-28-21-8-7-18-5-4-6-20(24(26)27)22(18)23(19)21/h4-8,17,21H,2-3,9-16H2,1H3,(H,26,27). The van der Waals surface area contributed by atoms with Crippen LogP contribution in [0.25, 0.3) is 11.6 Å². The third kappa shape index (κ3) is 3.94. The van der Waals surface area contributed by atoms with Gasteiger partial charge in [-0.25, -0.2) is 4.79 Å². The first-order chi connectivity index (χ1) is 13.7. The number of carbonyl (C=O) groups is 1. The summed E-state index contributed by atoms with van der Waals surface area (Å²) < 4.78 is 6.01. The molecule has 0 spiro atoms. The average Bonchev–Trinajstić information content (AvgIpc) is 2.72. The number of hydrogen-bond acceptors (Lipinski definition) is 3. The second-order valence-electron chi connectivity index (χ2n) is 8.34. The third-order valence-corrected chi connectivity index (χ3v) is 6.48. The molecular formula is C24H31NO3. The van der Waals surface area contributed by atoms with Crippen molar-refractivity contribution in [2.24, 2.45) is 5.92 Å². The van der Waals surface area contributed by atoms with Crippen molar-refractivity contribution in [3.63, 3.8) is 0 Å². The van der Waals surface area contributed by atoms with Crippen LogP contribution < -0.4 is 0 Å². The average molecular weight is 382 g/mol. The molecule has 0 bridgehead atoms. The largest absolute Gasteiger partial charge is 0.478 e. The number of aromatic carboxylic acids is 1. The van der Waals surface area contributed by atoms with Crippen LogP contribution in [-0.4, -0.2) is 48.3 Å². The van der Waals surface area contributed by atoms with Gasteiger partial charge in [-0.1, -0.05) is 43.2 Å². The van der Waals surface area contributed by atoms with E-state index in [0.29, 0.717) is 11.5 Å². The Balaban J connectivity index is 1.58. The Kier molecular flexibility index (Phi) is 5.98. The summed E-state index contributed by atoms with van der Waals surface area (Å²) in [4.78, 5) is 14.5. The summed E-state index contributed by atoms with van der Waals surface area (Å²) in [6, 6.07) is 5.58. The van der Waals surface area contributed by atoms with E-state index in [-0.39, 0.29) is 6.10 Å². The van der Waals surface area contributed by atoms with Crippen molar-refractivity contribution in [2.45, 2.75) is 51.6 Å². The number of piperidine rings is 1. The van der Waals surface area contributed by atoms with Crippen molar-refractivity contribution in [2.75, 3.05) is 26.2 Å². The van der Waals surface area contributed by atoms with Gasteiger partial charge in [0, 0.05) is 5.56 Å². The van der Waals surface area contributed by atoms with E-state index in [1.807, 2.05) is 18.2 Å². The molecule has 1 fully saturated rings. The van der Waals surface area contributed by atoms with Crippen LogP contribution in [-0.2, 0) is 4.74 Å². The fraction of sp³-hybridized carbons (Fsp3) is 0.542. The van der Waals surface area contributed by atoms with Crippen LogP contribution in [0.3, 0.4) is 0 Å². The SMILES string of the molecule is CCCCN1CCC(CC2=C3c4c(cccc4C(=O)O)C=CC3OCC2)CC1. The van der Waals surface area contributed by atoms with Gasteiger partial charge in [-0.2, -0.15) is 0 Å². The molecule has 4 heteroatoms. The van der Waals surface area contributed by atoms with Crippen molar-refractivity contribution >= 4 is 17.6 Å². The number of ether oxygens (including phenoxy) is 1. The molecule has 1 atom stereocenters. The Labute approximate surface area is 167 Å². The molecule has 0 aromatic heterocycles. The molecule has 1 aromatic carbocycles. The Hall–Kier alpha value is -1.91. The van der Waals surface area contributed by atoms with Crippen LogP contribution >= 0.6 is 0 Å². The first-order valence-electron chi connectivity index (χ1n) is 10.8. The second-order valence-corrected chi connectivity index (χ2v) is 8.34. The lowest BCUT2D eigenvalue weighted by Crippen LogP contribution is -2.35. The number of hydrogen-bond donors (Lipinski definition) is 1. The van der Waals surface area contributed by atoms with Gasteiger partial charge in [-0.15, -0.1) is 0 Å². The summed E-state index contributed by atoms with van der Waals surface area (Å²) in [5.74, 6) is -0.155. The fourth-order valence-electron chi connectivity index (χ4n) is 4.93. The number of carboxylic acids is 1. The third-order valence-electron chi connectivity index (χ3n) is 6.48. The van der Waals surface area contributed by atoms with E-state index >= 15 is 0 Å². The van der Waals surface area contributed by atoms with Gasteiger partial charge in [0.2, 0.25) is 0 Å². The lowest BCUT2D eigenvalue weighted by atomic mass is 9.78. The minimum Gasteiger partial charge on any atom is -0.478 e. The van der Waals surface area contributed by atoms with Crippen molar-refractivity contribution in [3.05, 3.63) is 46.5 Å². The van der Waals surface area contributed by atoms with Gasteiger partial charge in [0.05, 0.1) is 12.2 Å². The molecule has 2 heterocycles. The van der Waals surface area contributed by atoms with Crippen LogP contribution in [0.15, 0.2) is 29.8 Å². The lowest BCUT2D eigenvalue weighted by Gasteiger charge is -2.36. The second kappa shape index (κ2) is 8.62. The van der Waals surface area contributed by atoms with Gasteiger partial charge >= 0.3 is 5.97 Å². The zero-order chi connectivity index (χ0) is 19.5. The molecule has 1 saturated heterocycles. The first kappa shape index (κ1) is 19.4. The summed E-state index contributed by atoms with van der Waals surface area (Å²) in [6.07, 6.45) is 11.1. The molecule has 0 radical (unpaired) electrons. The Morgan fingerprint density at radius 2 is 2.11 bits per heavy atom. The van der Waals surface area contributed by atoms with E-state index < -0.39 is 5.97 Å². The zero-order valence-corrected chi connectivity index (χ0v) is 16.8. The van der Waals surface area contributed by atoms with E-state index in [4.69, 9.17) is 4.74 Å². The molecule has 150 valence electrons. The van der Waals surface area contributed by atoms with E-state index in [1.54, 1.807) is 6.07 Å². The number of rotatable bonds is 6. The van der Waals surface area contributed by atoms with Gasteiger partial charge in [0.25, 0.3) is 0 Å². The van der Waals surface area contributed by atoms with Gasteiger partial charge in [0.1, 0.15) is 6.10 Å². The molecule has 1 unspecified atom stereocenters. The highest BCUT2D eigenvalue weighted by atomic mass is 16.5. The summed E-state index contributed by atoms with van der Waals surface area (Å²) in [6.45, 7) is 6.61. The van der Waals surface area contributed by atoms with Crippen LogP contribution in [0.5, 0.6) is 0 Å². The smallest absolute Gasteiger partial charge is 0.336 e. The van der Waals surface area contributed by atoms with Crippen molar-refractivity contribution in [3.8, 4) is 0 Å². The minimum atomic E-state index is -0.854. The normalized spacial score (nSPS) is 22.8. The van der Waals surface area contributed by atoms with Gasteiger partial charge in [-0.05, 0) is 74.9 Å². The number of unbranched alkanes of at least 4 members (excludes halogenated alkanes) is 1.